The minimum atomic E-state index is -0.0367. The predicted molar refractivity (Wildman–Crippen MR) is 105 cm³/mol. The summed E-state index contributed by atoms with van der Waals surface area (Å²) in [7, 11) is 2.13. The summed E-state index contributed by atoms with van der Waals surface area (Å²) in [5.74, 6) is 0.494. The zero-order valence-electron chi connectivity index (χ0n) is 15.5. The maximum Gasteiger partial charge on any atom is 0.275 e. The van der Waals surface area contributed by atoms with Crippen molar-refractivity contribution in [1.82, 2.24) is 19.7 Å². The van der Waals surface area contributed by atoms with E-state index in [1.54, 1.807) is 10.9 Å². The van der Waals surface area contributed by atoms with Gasteiger partial charge in [0.2, 0.25) is 5.88 Å². The van der Waals surface area contributed by atoms with Gasteiger partial charge in [-0.3, -0.25) is 9.78 Å². The van der Waals surface area contributed by atoms with E-state index in [-0.39, 0.29) is 11.6 Å². The van der Waals surface area contributed by atoms with Gasteiger partial charge in [-0.05, 0) is 63.7 Å². The molecule has 1 aliphatic rings. The Morgan fingerprint density at radius 2 is 1.89 bits per heavy atom. The van der Waals surface area contributed by atoms with Gasteiger partial charge in [0.15, 0.2) is 0 Å². The van der Waals surface area contributed by atoms with Crippen molar-refractivity contribution in [3.8, 4) is 5.88 Å². The van der Waals surface area contributed by atoms with Crippen molar-refractivity contribution in [3.05, 3.63) is 64.7 Å². The maximum absolute atomic E-state index is 13.1. The summed E-state index contributed by atoms with van der Waals surface area (Å²) in [6, 6.07) is 13.4. The fourth-order valence-corrected chi connectivity index (χ4v) is 3.62. The molecular weight excluding hydrogens is 340 g/mol. The Morgan fingerprint density at radius 1 is 1.07 bits per heavy atom. The molecule has 0 radical (unpaired) electrons. The monoisotopic (exact) mass is 364 g/mol. The molecule has 2 aromatic heterocycles. The summed E-state index contributed by atoms with van der Waals surface area (Å²) < 4.78 is 7.65. The Morgan fingerprint density at radius 3 is 2.70 bits per heavy atom. The van der Waals surface area contributed by atoms with E-state index < -0.39 is 0 Å². The Balaban J connectivity index is 1.71. The van der Waals surface area contributed by atoms with Gasteiger partial charge in [-0.25, -0.2) is 4.68 Å². The molecule has 6 heteroatoms. The Bertz CT molecular complexity index is 971. The Hall–Kier alpha value is -2.73. The van der Waals surface area contributed by atoms with Gasteiger partial charge in [0, 0.05) is 6.20 Å². The van der Waals surface area contributed by atoms with Gasteiger partial charge in [0.05, 0.1) is 22.5 Å². The van der Waals surface area contributed by atoms with E-state index in [2.05, 4.69) is 22.0 Å². The largest absolute Gasteiger partial charge is 0.470 e. The van der Waals surface area contributed by atoms with Gasteiger partial charge in [0.1, 0.15) is 6.61 Å². The highest BCUT2D eigenvalue weighted by Gasteiger charge is 2.21. The number of rotatable bonds is 4. The quantitative estimate of drug-likeness (QED) is 0.712. The van der Waals surface area contributed by atoms with Crippen LogP contribution in [0.25, 0.3) is 10.8 Å². The third kappa shape index (κ3) is 3.85. The second kappa shape index (κ2) is 7.88. The molecule has 1 aromatic carbocycles. The average molecular weight is 364 g/mol. The molecule has 4 rings (SSSR count). The molecule has 3 heterocycles. The summed E-state index contributed by atoms with van der Waals surface area (Å²) in [4.78, 5) is 19.7. The van der Waals surface area contributed by atoms with Gasteiger partial charge >= 0.3 is 0 Å². The van der Waals surface area contributed by atoms with Crippen LogP contribution in [0.2, 0.25) is 0 Å². The van der Waals surface area contributed by atoms with E-state index in [1.807, 2.05) is 42.5 Å². The lowest BCUT2D eigenvalue weighted by Crippen LogP contribution is -2.29. The Kier molecular flexibility index (Phi) is 5.16. The van der Waals surface area contributed by atoms with Gasteiger partial charge in [0.25, 0.3) is 5.56 Å². The molecule has 0 N–H and O–H groups in total. The fraction of sp³-hybridized carbons (Fsp3) is 0.381. The average Bonchev–Trinajstić information content (AvgIpc) is 2.93. The van der Waals surface area contributed by atoms with E-state index in [0.29, 0.717) is 17.9 Å². The van der Waals surface area contributed by atoms with Crippen molar-refractivity contribution < 1.29 is 4.74 Å². The maximum atomic E-state index is 13.1. The standard InChI is InChI=1S/C21H24N4O2/c1-24-13-6-8-17(11-14-24)25-21(26)19-10-3-2-9-18(19)20(23-25)27-15-16-7-4-5-12-22-16/h2-5,7,9-10,12,17H,6,8,11,13-15H2,1H3. The zero-order valence-corrected chi connectivity index (χ0v) is 15.5. The number of pyridine rings is 1. The van der Waals surface area contributed by atoms with Crippen molar-refractivity contribution in [1.29, 1.82) is 0 Å². The van der Waals surface area contributed by atoms with E-state index >= 15 is 0 Å². The third-order valence-electron chi connectivity index (χ3n) is 5.14. The molecule has 1 atom stereocenters. The minimum Gasteiger partial charge on any atom is -0.470 e. The first-order valence-corrected chi connectivity index (χ1v) is 9.45. The van der Waals surface area contributed by atoms with Crippen molar-refractivity contribution in [2.75, 3.05) is 20.1 Å². The molecule has 1 unspecified atom stereocenters. The summed E-state index contributed by atoms with van der Waals surface area (Å²) in [6.45, 7) is 2.35. The molecule has 27 heavy (non-hydrogen) atoms. The van der Waals surface area contributed by atoms with Crippen LogP contribution in [-0.2, 0) is 6.61 Å². The van der Waals surface area contributed by atoms with Crippen molar-refractivity contribution >= 4 is 10.8 Å². The van der Waals surface area contributed by atoms with Crippen LogP contribution in [0.4, 0.5) is 0 Å². The van der Waals surface area contributed by atoms with Gasteiger partial charge < -0.3 is 9.64 Å². The van der Waals surface area contributed by atoms with Crippen molar-refractivity contribution in [2.24, 2.45) is 0 Å². The molecule has 0 amide bonds. The van der Waals surface area contributed by atoms with E-state index in [1.165, 1.54) is 0 Å². The number of ether oxygens (including phenoxy) is 1. The molecule has 1 saturated heterocycles. The predicted octanol–water partition coefficient (Wildman–Crippen LogP) is 3.03. The van der Waals surface area contributed by atoms with Gasteiger partial charge in [-0.2, -0.15) is 0 Å². The summed E-state index contributed by atoms with van der Waals surface area (Å²) in [5, 5.41) is 6.05. The molecule has 6 nitrogen and oxygen atoms in total. The lowest BCUT2D eigenvalue weighted by atomic mass is 10.1. The number of likely N-dealkylation sites (tertiary alicyclic amines) is 1. The highest BCUT2D eigenvalue weighted by atomic mass is 16.5. The van der Waals surface area contributed by atoms with Crippen molar-refractivity contribution in [3.63, 3.8) is 0 Å². The highest BCUT2D eigenvalue weighted by molar-refractivity contribution is 5.85. The smallest absolute Gasteiger partial charge is 0.275 e. The number of nitrogens with zero attached hydrogens (tertiary/aromatic N) is 4. The van der Waals surface area contributed by atoms with E-state index in [0.717, 1.165) is 43.4 Å². The third-order valence-corrected chi connectivity index (χ3v) is 5.14. The van der Waals surface area contributed by atoms with Crippen LogP contribution in [0.1, 0.15) is 31.0 Å². The minimum absolute atomic E-state index is 0.0367. The number of benzene rings is 1. The lowest BCUT2D eigenvalue weighted by molar-refractivity contribution is 0.273. The van der Waals surface area contributed by atoms with Crippen LogP contribution in [-0.4, -0.2) is 39.8 Å². The van der Waals surface area contributed by atoms with Crippen LogP contribution in [0, 0.1) is 0 Å². The molecule has 0 saturated carbocycles. The molecule has 1 fully saturated rings. The molecule has 3 aromatic rings. The number of fused-ring (bicyclic) bond motifs is 1. The first-order valence-electron chi connectivity index (χ1n) is 9.45. The summed E-state index contributed by atoms with van der Waals surface area (Å²) >= 11 is 0. The van der Waals surface area contributed by atoms with Crippen LogP contribution in [0.15, 0.2) is 53.5 Å². The van der Waals surface area contributed by atoms with Crippen LogP contribution < -0.4 is 10.3 Å². The fourth-order valence-electron chi connectivity index (χ4n) is 3.62. The zero-order chi connectivity index (χ0) is 18.6. The normalized spacial score (nSPS) is 18.3. The van der Waals surface area contributed by atoms with E-state index in [4.69, 9.17) is 4.74 Å². The second-order valence-electron chi connectivity index (χ2n) is 7.10. The second-order valence-corrected chi connectivity index (χ2v) is 7.10. The number of hydrogen-bond donors (Lipinski definition) is 0. The SMILES string of the molecule is CN1CCCC(n2nc(OCc3ccccn3)c3ccccc3c2=O)CC1. The first-order chi connectivity index (χ1) is 13.2. The van der Waals surface area contributed by atoms with Crippen LogP contribution in [0.5, 0.6) is 5.88 Å². The number of aromatic nitrogens is 3. The first kappa shape index (κ1) is 17.7. The van der Waals surface area contributed by atoms with Crippen molar-refractivity contribution in [2.45, 2.75) is 31.9 Å². The molecule has 0 spiro atoms. The topological polar surface area (TPSA) is 60.3 Å². The summed E-state index contributed by atoms with van der Waals surface area (Å²) in [5.41, 5.74) is 0.794. The molecule has 0 aliphatic carbocycles. The van der Waals surface area contributed by atoms with E-state index in [9.17, 15) is 4.79 Å². The van der Waals surface area contributed by atoms with Gasteiger partial charge in [-0.15, -0.1) is 5.10 Å². The van der Waals surface area contributed by atoms with Gasteiger partial charge in [-0.1, -0.05) is 18.2 Å². The van der Waals surface area contributed by atoms with Crippen LogP contribution in [0.3, 0.4) is 0 Å². The highest BCUT2D eigenvalue weighted by Crippen LogP contribution is 2.25. The molecule has 1 aliphatic heterocycles. The Labute approximate surface area is 158 Å². The molecule has 140 valence electrons. The number of hydrogen-bond acceptors (Lipinski definition) is 5. The molecular formula is C21H24N4O2. The van der Waals surface area contributed by atoms with Crippen LogP contribution >= 0.6 is 0 Å². The lowest BCUT2D eigenvalue weighted by Gasteiger charge is -2.19. The molecule has 0 bridgehead atoms. The summed E-state index contributed by atoms with van der Waals surface area (Å²) in [6.07, 6.45) is 4.68.